The number of methoxy groups -OCH3 is 1. The molecule has 0 bridgehead atoms. The number of hydrogen-bond donors (Lipinski definition) is 0. The van der Waals surface area contributed by atoms with Crippen LogP contribution in [-0.2, 0) is 19.3 Å². The Morgan fingerprint density at radius 1 is 1.12 bits per heavy atom. The molecule has 0 unspecified atom stereocenters. The van der Waals surface area contributed by atoms with Crippen LogP contribution in [-0.4, -0.2) is 49.3 Å². The van der Waals surface area contributed by atoms with Gasteiger partial charge in [0.25, 0.3) is 5.91 Å². The van der Waals surface area contributed by atoms with Crippen molar-refractivity contribution in [3.63, 3.8) is 0 Å². The highest BCUT2D eigenvalue weighted by molar-refractivity contribution is 5.93. The maximum absolute atomic E-state index is 13.8. The Hall–Kier alpha value is -3.89. The minimum atomic E-state index is -4.70. The third-order valence-corrected chi connectivity index (χ3v) is 5.09. The van der Waals surface area contributed by atoms with Crippen molar-refractivity contribution in [2.45, 2.75) is 26.2 Å². The Kier molecular flexibility index (Phi) is 5.79. The second kappa shape index (κ2) is 8.57. The minimum Gasteiger partial charge on any atom is -0.497 e. The molecule has 172 valence electrons. The van der Waals surface area contributed by atoms with Crippen LogP contribution in [0.4, 0.5) is 13.2 Å². The summed E-state index contributed by atoms with van der Waals surface area (Å²) in [5.74, 6) is 0.0329. The Morgan fingerprint density at radius 2 is 1.85 bits per heavy atom. The van der Waals surface area contributed by atoms with Crippen LogP contribution in [0.15, 0.2) is 48.7 Å². The van der Waals surface area contributed by atoms with Crippen LogP contribution in [0.25, 0.3) is 16.9 Å². The van der Waals surface area contributed by atoms with Crippen molar-refractivity contribution >= 4 is 11.6 Å². The van der Waals surface area contributed by atoms with E-state index in [1.165, 1.54) is 25.1 Å². The van der Waals surface area contributed by atoms with Gasteiger partial charge in [0.2, 0.25) is 0 Å². The highest BCUT2D eigenvalue weighted by Crippen LogP contribution is 2.32. The number of hydrogen-bond acceptors (Lipinski definition) is 5. The third-order valence-electron chi connectivity index (χ3n) is 5.09. The normalized spacial score (nSPS) is 11.7. The number of halogens is 3. The van der Waals surface area contributed by atoms with E-state index >= 15 is 0 Å². The predicted molar refractivity (Wildman–Crippen MR) is 114 cm³/mol. The first-order valence-corrected chi connectivity index (χ1v) is 10.1. The molecule has 0 N–H and O–H groups in total. The summed E-state index contributed by atoms with van der Waals surface area (Å²) in [6.45, 7) is 2.82. The number of benzene rings is 1. The zero-order valence-electron chi connectivity index (χ0n) is 18.2. The van der Waals surface area contributed by atoms with Gasteiger partial charge >= 0.3 is 6.18 Å². The Bertz CT molecular complexity index is 1290. The Balaban J connectivity index is 1.70. The largest absolute Gasteiger partial charge is 0.497 e. The van der Waals surface area contributed by atoms with Gasteiger partial charge in [0.05, 0.1) is 25.0 Å². The predicted octanol–water partition coefficient (Wildman–Crippen LogP) is 3.91. The van der Waals surface area contributed by atoms with E-state index in [4.69, 9.17) is 4.74 Å². The summed E-state index contributed by atoms with van der Waals surface area (Å²) >= 11 is 0. The van der Waals surface area contributed by atoms with E-state index in [2.05, 4.69) is 15.2 Å². The molecule has 0 aliphatic rings. The molecule has 8 nitrogen and oxygen atoms in total. The average molecular weight is 458 g/mol. The fraction of sp³-hybridized carbons (Fsp3) is 0.273. The number of fused-ring (bicyclic) bond motifs is 1. The van der Waals surface area contributed by atoms with Crippen molar-refractivity contribution < 1.29 is 22.7 Å². The molecule has 1 aromatic carbocycles. The van der Waals surface area contributed by atoms with E-state index in [9.17, 15) is 18.0 Å². The molecule has 4 aromatic rings. The summed E-state index contributed by atoms with van der Waals surface area (Å²) in [5.41, 5.74) is -0.00891. The van der Waals surface area contributed by atoms with Crippen molar-refractivity contribution in [2.24, 2.45) is 0 Å². The zero-order chi connectivity index (χ0) is 23.8. The molecule has 0 radical (unpaired) electrons. The van der Waals surface area contributed by atoms with Crippen LogP contribution < -0.4 is 4.74 Å². The van der Waals surface area contributed by atoms with Gasteiger partial charge in [-0.2, -0.15) is 23.4 Å². The van der Waals surface area contributed by atoms with Gasteiger partial charge in [-0.15, -0.1) is 0 Å². The van der Waals surface area contributed by atoms with Gasteiger partial charge in [0.1, 0.15) is 5.75 Å². The fourth-order valence-corrected chi connectivity index (χ4v) is 3.37. The molecule has 0 spiro atoms. The maximum Gasteiger partial charge on any atom is 0.433 e. The molecule has 0 atom stereocenters. The summed E-state index contributed by atoms with van der Waals surface area (Å²) < 4.78 is 48.9. The number of rotatable bonds is 6. The summed E-state index contributed by atoms with van der Waals surface area (Å²) in [4.78, 5) is 18.5. The molecular formula is C22H21F3N6O2. The number of aromatic nitrogens is 5. The van der Waals surface area contributed by atoms with Crippen LogP contribution >= 0.6 is 0 Å². The molecule has 3 aromatic heterocycles. The van der Waals surface area contributed by atoms with Gasteiger partial charge in [0, 0.05) is 31.4 Å². The summed E-state index contributed by atoms with van der Waals surface area (Å²) in [6.07, 6.45) is -2.91. The molecule has 0 aliphatic heterocycles. The van der Waals surface area contributed by atoms with Gasteiger partial charge in [-0.1, -0.05) is 0 Å². The lowest BCUT2D eigenvalue weighted by molar-refractivity contribution is -0.142. The van der Waals surface area contributed by atoms with Gasteiger partial charge in [0.15, 0.2) is 17.0 Å². The van der Waals surface area contributed by atoms with Crippen LogP contribution in [0.5, 0.6) is 5.75 Å². The van der Waals surface area contributed by atoms with Crippen LogP contribution in [0.2, 0.25) is 0 Å². The molecule has 4 rings (SSSR count). The second-order valence-corrected chi connectivity index (χ2v) is 7.38. The van der Waals surface area contributed by atoms with E-state index in [1.807, 2.05) is 6.92 Å². The lowest BCUT2D eigenvalue weighted by atomic mass is 10.1. The molecule has 0 aliphatic carbocycles. The SMILES string of the molecule is CCn1ccc(CN(C)C(=O)c2cc3nc(-c4ccc(OC)cc4)cc(C(F)(F)F)n3n2)n1. The molecule has 33 heavy (non-hydrogen) atoms. The molecular weight excluding hydrogens is 437 g/mol. The number of carbonyl (C=O) groups excluding carboxylic acids is 1. The highest BCUT2D eigenvalue weighted by atomic mass is 19.4. The first-order chi connectivity index (χ1) is 15.7. The topological polar surface area (TPSA) is 77.5 Å². The number of aryl methyl sites for hydroxylation is 1. The van der Waals surface area contributed by atoms with E-state index in [0.29, 0.717) is 28.1 Å². The van der Waals surface area contributed by atoms with Crippen molar-refractivity contribution in [3.8, 4) is 17.0 Å². The van der Waals surface area contributed by atoms with E-state index < -0.39 is 17.8 Å². The molecule has 0 fully saturated rings. The number of carbonyl (C=O) groups is 1. The quantitative estimate of drug-likeness (QED) is 0.438. The summed E-state index contributed by atoms with van der Waals surface area (Å²) in [6, 6.07) is 10.4. The summed E-state index contributed by atoms with van der Waals surface area (Å²) in [5, 5.41) is 8.24. The van der Waals surface area contributed by atoms with Gasteiger partial charge in [-0.3, -0.25) is 9.48 Å². The number of amides is 1. The van der Waals surface area contributed by atoms with Gasteiger partial charge in [-0.05, 0) is 43.3 Å². The van der Waals surface area contributed by atoms with E-state index in [0.717, 1.165) is 6.07 Å². The lowest BCUT2D eigenvalue weighted by Crippen LogP contribution is -2.27. The average Bonchev–Trinajstić information content (AvgIpc) is 3.43. The van der Waals surface area contributed by atoms with Crippen molar-refractivity contribution in [2.75, 3.05) is 14.2 Å². The highest BCUT2D eigenvalue weighted by Gasteiger charge is 2.36. The molecule has 3 heterocycles. The first-order valence-electron chi connectivity index (χ1n) is 10.1. The van der Waals surface area contributed by atoms with E-state index in [1.54, 1.807) is 41.2 Å². The molecule has 0 saturated heterocycles. The van der Waals surface area contributed by atoms with Crippen LogP contribution in [0.1, 0.15) is 28.8 Å². The number of ether oxygens (including phenoxy) is 1. The second-order valence-electron chi connectivity index (χ2n) is 7.38. The third kappa shape index (κ3) is 4.52. The smallest absolute Gasteiger partial charge is 0.433 e. The number of nitrogens with zero attached hydrogens (tertiary/aromatic N) is 6. The van der Waals surface area contributed by atoms with Gasteiger partial charge < -0.3 is 9.64 Å². The molecule has 0 saturated carbocycles. The van der Waals surface area contributed by atoms with Crippen LogP contribution in [0, 0.1) is 0 Å². The van der Waals surface area contributed by atoms with E-state index in [-0.39, 0.29) is 23.6 Å². The molecule has 1 amide bonds. The Morgan fingerprint density at radius 3 is 2.45 bits per heavy atom. The lowest BCUT2D eigenvalue weighted by Gasteiger charge is -2.14. The summed E-state index contributed by atoms with van der Waals surface area (Å²) in [7, 11) is 3.04. The van der Waals surface area contributed by atoms with Crippen molar-refractivity contribution in [3.05, 3.63) is 65.7 Å². The maximum atomic E-state index is 13.8. The monoisotopic (exact) mass is 458 g/mol. The molecule has 11 heteroatoms. The number of alkyl halides is 3. The standard InChI is InChI=1S/C22H21F3N6O2/c1-4-30-10-9-15(27-30)13-29(2)21(32)18-12-20-26-17(14-5-7-16(33-3)8-6-14)11-19(22(23,24)25)31(20)28-18/h5-12H,4,13H2,1-3H3. The first kappa shape index (κ1) is 22.3. The van der Waals surface area contributed by atoms with Crippen molar-refractivity contribution in [1.29, 1.82) is 0 Å². The van der Waals surface area contributed by atoms with Crippen molar-refractivity contribution in [1.82, 2.24) is 29.3 Å². The zero-order valence-corrected chi connectivity index (χ0v) is 18.2. The minimum absolute atomic E-state index is 0.0809. The van der Waals surface area contributed by atoms with Gasteiger partial charge in [-0.25, -0.2) is 9.50 Å². The fourth-order valence-electron chi connectivity index (χ4n) is 3.37. The van der Waals surface area contributed by atoms with Crippen LogP contribution in [0.3, 0.4) is 0 Å². The Labute approximate surface area is 187 Å².